The molecule has 1 aromatic rings. The van der Waals surface area contributed by atoms with Crippen LogP contribution in [0.2, 0.25) is 0 Å². The Hall–Kier alpha value is -1.41. The quantitative estimate of drug-likeness (QED) is 0.824. The van der Waals surface area contributed by atoms with Gasteiger partial charge in [0.05, 0.1) is 18.1 Å². The molecule has 18 heavy (non-hydrogen) atoms. The molecule has 1 aliphatic heterocycles. The molecule has 0 bridgehead atoms. The summed E-state index contributed by atoms with van der Waals surface area (Å²) in [6, 6.07) is -0.611. The van der Waals surface area contributed by atoms with Gasteiger partial charge in [-0.15, -0.1) is 0 Å². The second-order valence-electron chi connectivity index (χ2n) is 4.42. The van der Waals surface area contributed by atoms with E-state index < -0.39 is 16.1 Å². The van der Waals surface area contributed by atoms with Crippen LogP contribution in [-0.2, 0) is 21.9 Å². The van der Waals surface area contributed by atoms with Gasteiger partial charge in [-0.3, -0.25) is 9.48 Å². The van der Waals surface area contributed by atoms with Crippen LogP contribution in [0.15, 0.2) is 12.4 Å². The average molecular weight is 272 g/mol. The van der Waals surface area contributed by atoms with E-state index in [1.54, 1.807) is 17.9 Å². The lowest BCUT2D eigenvalue weighted by Gasteiger charge is -2.20. The van der Waals surface area contributed by atoms with Crippen molar-refractivity contribution >= 4 is 21.6 Å². The zero-order chi connectivity index (χ0) is 13.3. The lowest BCUT2D eigenvalue weighted by atomic mass is 10.2. The first-order valence-corrected chi connectivity index (χ1v) is 7.49. The van der Waals surface area contributed by atoms with Crippen LogP contribution >= 0.6 is 0 Å². The standard InChI is InChI=1S/C10H16N4O3S/c1-13-7-8(6-11-13)12-10(15)9-4-3-5-14(9)18(2,16)17/h6-7,9H,3-5H2,1-2H3,(H,12,15)/t9-/m1/s1. The van der Waals surface area contributed by atoms with Gasteiger partial charge in [-0.1, -0.05) is 0 Å². The number of carbonyl (C=O) groups is 1. The number of rotatable bonds is 3. The molecule has 2 rings (SSSR count). The van der Waals surface area contributed by atoms with Crippen molar-refractivity contribution in [2.24, 2.45) is 7.05 Å². The lowest BCUT2D eigenvalue weighted by molar-refractivity contribution is -0.119. The third-order valence-corrected chi connectivity index (χ3v) is 4.19. The van der Waals surface area contributed by atoms with Gasteiger partial charge in [-0.05, 0) is 12.8 Å². The van der Waals surface area contributed by atoms with E-state index in [2.05, 4.69) is 10.4 Å². The molecule has 1 atom stereocenters. The predicted molar refractivity (Wildman–Crippen MR) is 66.4 cm³/mol. The molecule has 2 heterocycles. The number of amides is 1. The summed E-state index contributed by atoms with van der Waals surface area (Å²) >= 11 is 0. The SMILES string of the molecule is Cn1cc(NC(=O)[C@H]2CCCN2S(C)(=O)=O)cn1. The summed E-state index contributed by atoms with van der Waals surface area (Å²) in [4.78, 5) is 12.0. The minimum Gasteiger partial charge on any atom is -0.322 e. The van der Waals surface area contributed by atoms with Crippen LogP contribution < -0.4 is 5.32 Å². The van der Waals surface area contributed by atoms with E-state index in [1.807, 2.05) is 0 Å². The highest BCUT2D eigenvalue weighted by Crippen LogP contribution is 2.21. The van der Waals surface area contributed by atoms with Gasteiger partial charge in [0, 0.05) is 19.8 Å². The summed E-state index contributed by atoms with van der Waals surface area (Å²) < 4.78 is 25.9. The van der Waals surface area contributed by atoms with E-state index in [-0.39, 0.29) is 5.91 Å². The van der Waals surface area contributed by atoms with Crippen molar-refractivity contribution in [3.63, 3.8) is 0 Å². The highest BCUT2D eigenvalue weighted by atomic mass is 32.2. The van der Waals surface area contributed by atoms with Gasteiger partial charge in [-0.25, -0.2) is 8.42 Å². The van der Waals surface area contributed by atoms with Crippen LogP contribution in [0, 0.1) is 0 Å². The fourth-order valence-electron chi connectivity index (χ4n) is 2.11. The van der Waals surface area contributed by atoms with E-state index in [1.165, 1.54) is 10.5 Å². The van der Waals surface area contributed by atoms with Crippen molar-refractivity contribution in [3.05, 3.63) is 12.4 Å². The van der Waals surface area contributed by atoms with Crippen LogP contribution in [0.3, 0.4) is 0 Å². The fourth-order valence-corrected chi connectivity index (χ4v) is 3.23. The molecule has 100 valence electrons. The summed E-state index contributed by atoms with van der Waals surface area (Å²) in [5.74, 6) is -0.300. The average Bonchev–Trinajstić information content (AvgIpc) is 2.85. The maximum atomic E-state index is 12.0. The maximum absolute atomic E-state index is 12.0. The van der Waals surface area contributed by atoms with Crippen molar-refractivity contribution in [3.8, 4) is 0 Å². The molecule has 1 N–H and O–H groups in total. The van der Waals surface area contributed by atoms with E-state index in [0.717, 1.165) is 6.26 Å². The normalized spacial score (nSPS) is 21.1. The largest absolute Gasteiger partial charge is 0.322 e. The van der Waals surface area contributed by atoms with Crippen LogP contribution in [0.1, 0.15) is 12.8 Å². The Morgan fingerprint density at radius 2 is 2.28 bits per heavy atom. The number of anilines is 1. The fraction of sp³-hybridized carbons (Fsp3) is 0.600. The molecule has 1 aliphatic rings. The maximum Gasteiger partial charge on any atom is 0.242 e. The second-order valence-corrected chi connectivity index (χ2v) is 6.36. The third kappa shape index (κ3) is 2.70. The Labute approximate surface area is 106 Å². The first-order chi connectivity index (χ1) is 8.38. The Morgan fingerprint density at radius 1 is 1.56 bits per heavy atom. The topological polar surface area (TPSA) is 84.3 Å². The number of carbonyl (C=O) groups excluding carboxylic acids is 1. The smallest absolute Gasteiger partial charge is 0.242 e. The van der Waals surface area contributed by atoms with Gasteiger partial charge in [0.15, 0.2) is 0 Å². The number of sulfonamides is 1. The lowest BCUT2D eigenvalue weighted by Crippen LogP contribution is -2.42. The van der Waals surface area contributed by atoms with E-state index in [0.29, 0.717) is 25.1 Å². The number of hydrogen-bond donors (Lipinski definition) is 1. The van der Waals surface area contributed by atoms with Crippen molar-refractivity contribution in [1.82, 2.24) is 14.1 Å². The van der Waals surface area contributed by atoms with E-state index in [4.69, 9.17) is 0 Å². The van der Waals surface area contributed by atoms with Crippen LogP contribution in [0.25, 0.3) is 0 Å². The van der Waals surface area contributed by atoms with Crippen LogP contribution in [0.4, 0.5) is 5.69 Å². The first kappa shape index (κ1) is 13.0. The van der Waals surface area contributed by atoms with Crippen molar-refractivity contribution in [1.29, 1.82) is 0 Å². The van der Waals surface area contributed by atoms with Crippen LogP contribution in [0.5, 0.6) is 0 Å². The number of nitrogens with zero attached hydrogens (tertiary/aromatic N) is 3. The predicted octanol–water partition coefficient (Wildman–Crippen LogP) is -0.217. The molecule has 1 aromatic heterocycles. The Balaban J connectivity index is 2.09. The van der Waals surface area contributed by atoms with Gasteiger partial charge in [-0.2, -0.15) is 9.40 Å². The highest BCUT2D eigenvalue weighted by Gasteiger charge is 2.36. The minimum absolute atomic E-state index is 0.300. The molecule has 0 radical (unpaired) electrons. The summed E-state index contributed by atoms with van der Waals surface area (Å²) in [7, 11) is -1.59. The van der Waals surface area contributed by atoms with Gasteiger partial charge < -0.3 is 5.32 Å². The van der Waals surface area contributed by atoms with Crippen LogP contribution in [-0.4, -0.2) is 47.3 Å². The Kier molecular flexibility index (Phi) is 3.40. The molecular weight excluding hydrogens is 256 g/mol. The molecule has 0 spiro atoms. The van der Waals surface area contributed by atoms with Gasteiger partial charge in [0.2, 0.25) is 15.9 Å². The number of aromatic nitrogens is 2. The third-order valence-electron chi connectivity index (χ3n) is 2.90. The van der Waals surface area contributed by atoms with E-state index >= 15 is 0 Å². The minimum atomic E-state index is -3.33. The second kappa shape index (κ2) is 4.69. The molecule has 0 unspecified atom stereocenters. The van der Waals surface area contributed by atoms with E-state index in [9.17, 15) is 13.2 Å². The summed E-state index contributed by atoms with van der Waals surface area (Å²) in [5, 5.41) is 6.61. The molecule has 7 nitrogen and oxygen atoms in total. The summed E-state index contributed by atoms with van der Waals surface area (Å²) in [6.45, 7) is 0.407. The monoisotopic (exact) mass is 272 g/mol. The number of hydrogen-bond acceptors (Lipinski definition) is 4. The summed E-state index contributed by atoms with van der Waals surface area (Å²) in [5.41, 5.74) is 0.572. The van der Waals surface area contributed by atoms with Crippen molar-refractivity contribution in [2.75, 3.05) is 18.1 Å². The molecule has 0 aliphatic carbocycles. The molecule has 0 saturated carbocycles. The van der Waals surface area contributed by atoms with Crippen molar-refractivity contribution in [2.45, 2.75) is 18.9 Å². The molecular formula is C10H16N4O3S. The number of nitrogens with one attached hydrogen (secondary N) is 1. The highest BCUT2D eigenvalue weighted by molar-refractivity contribution is 7.88. The number of aryl methyl sites for hydroxylation is 1. The zero-order valence-electron chi connectivity index (χ0n) is 10.3. The van der Waals surface area contributed by atoms with Gasteiger partial charge >= 0.3 is 0 Å². The van der Waals surface area contributed by atoms with Gasteiger partial charge in [0.25, 0.3) is 0 Å². The molecule has 1 saturated heterocycles. The first-order valence-electron chi connectivity index (χ1n) is 5.64. The summed E-state index contributed by atoms with van der Waals surface area (Å²) in [6.07, 6.45) is 5.58. The molecule has 8 heteroatoms. The Morgan fingerprint density at radius 3 is 2.83 bits per heavy atom. The van der Waals surface area contributed by atoms with Crippen molar-refractivity contribution < 1.29 is 13.2 Å². The molecule has 1 fully saturated rings. The molecule has 0 aromatic carbocycles. The zero-order valence-corrected chi connectivity index (χ0v) is 11.1. The molecule has 1 amide bonds. The van der Waals surface area contributed by atoms with Gasteiger partial charge in [0.1, 0.15) is 6.04 Å². The Bertz CT molecular complexity index is 551.